The number of halogens is 2. The Balaban J connectivity index is 2.63. The van der Waals surface area contributed by atoms with E-state index in [1.54, 1.807) is 36.4 Å². The fourth-order valence-electron chi connectivity index (χ4n) is 1.68. The summed E-state index contributed by atoms with van der Waals surface area (Å²) in [5.74, 6) is -0.539. The van der Waals surface area contributed by atoms with E-state index in [1.807, 2.05) is 0 Å². The molecule has 2 rings (SSSR count). The Bertz CT molecular complexity index is 626. The average molecular weight is 281 g/mol. The maximum Gasteiger partial charge on any atom is 0.249 e. The van der Waals surface area contributed by atoms with Crippen molar-refractivity contribution in [2.75, 3.05) is 5.73 Å². The third-order valence-electron chi connectivity index (χ3n) is 2.54. The van der Waals surface area contributed by atoms with Crippen molar-refractivity contribution in [3.8, 4) is 11.1 Å². The summed E-state index contributed by atoms with van der Waals surface area (Å²) in [6.07, 6.45) is 0. The van der Waals surface area contributed by atoms with Gasteiger partial charge >= 0.3 is 0 Å². The fraction of sp³-hybridized carbons (Fsp3) is 0. The molecule has 0 bridgehead atoms. The minimum absolute atomic E-state index is 0.355. The zero-order valence-electron chi connectivity index (χ0n) is 9.28. The highest BCUT2D eigenvalue weighted by Gasteiger charge is 2.11. The molecule has 0 heterocycles. The zero-order chi connectivity index (χ0) is 13.3. The number of carbonyl (C=O) groups excluding carboxylic acids is 1. The SMILES string of the molecule is NC(=O)c1cc(N)ccc1-c1ccc(Cl)c(Cl)c1. The number of primary amides is 1. The van der Waals surface area contributed by atoms with Crippen LogP contribution in [0, 0.1) is 0 Å². The van der Waals surface area contributed by atoms with Crippen LogP contribution in [-0.4, -0.2) is 5.91 Å². The van der Waals surface area contributed by atoms with E-state index >= 15 is 0 Å². The summed E-state index contributed by atoms with van der Waals surface area (Å²) < 4.78 is 0. The lowest BCUT2D eigenvalue weighted by atomic mass is 9.99. The molecule has 1 amide bonds. The van der Waals surface area contributed by atoms with Crippen LogP contribution in [-0.2, 0) is 0 Å². The largest absolute Gasteiger partial charge is 0.399 e. The van der Waals surface area contributed by atoms with E-state index in [0.29, 0.717) is 26.9 Å². The van der Waals surface area contributed by atoms with Gasteiger partial charge in [0.25, 0.3) is 0 Å². The Morgan fingerprint density at radius 1 is 1.00 bits per heavy atom. The summed E-state index contributed by atoms with van der Waals surface area (Å²) in [5.41, 5.74) is 13.3. The van der Waals surface area contributed by atoms with Crippen molar-refractivity contribution in [1.82, 2.24) is 0 Å². The van der Waals surface area contributed by atoms with Crippen molar-refractivity contribution in [1.29, 1.82) is 0 Å². The number of nitrogen functional groups attached to an aromatic ring is 1. The van der Waals surface area contributed by atoms with Gasteiger partial charge in [-0.05, 0) is 35.4 Å². The standard InChI is InChI=1S/C13H10Cl2N2O/c14-11-4-1-7(5-12(11)15)9-3-2-8(16)6-10(9)13(17)18/h1-6H,16H2,(H2,17,18). The number of nitrogens with two attached hydrogens (primary N) is 2. The average Bonchev–Trinajstić information content (AvgIpc) is 2.32. The molecular weight excluding hydrogens is 271 g/mol. The lowest BCUT2D eigenvalue weighted by Gasteiger charge is -2.09. The zero-order valence-corrected chi connectivity index (χ0v) is 10.8. The summed E-state index contributed by atoms with van der Waals surface area (Å²) in [5, 5.41) is 0.873. The predicted molar refractivity (Wildman–Crippen MR) is 74.8 cm³/mol. The molecule has 18 heavy (non-hydrogen) atoms. The van der Waals surface area contributed by atoms with E-state index in [9.17, 15) is 4.79 Å². The molecule has 92 valence electrons. The number of carbonyl (C=O) groups is 1. The van der Waals surface area contributed by atoms with Gasteiger partial charge in [0.2, 0.25) is 5.91 Å². The highest BCUT2D eigenvalue weighted by molar-refractivity contribution is 6.42. The molecule has 0 aliphatic carbocycles. The van der Waals surface area contributed by atoms with E-state index in [4.69, 9.17) is 34.7 Å². The first-order valence-electron chi connectivity index (χ1n) is 5.14. The van der Waals surface area contributed by atoms with Gasteiger partial charge in [-0.1, -0.05) is 35.3 Å². The van der Waals surface area contributed by atoms with Crippen LogP contribution in [0.15, 0.2) is 36.4 Å². The second-order valence-electron chi connectivity index (χ2n) is 3.80. The van der Waals surface area contributed by atoms with Gasteiger partial charge in [-0.25, -0.2) is 0 Å². The van der Waals surface area contributed by atoms with E-state index in [-0.39, 0.29) is 0 Å². The first-order valence-corrected chi connectivity index (χ1v) is 5.89. The van der Waals surface area contributed by atoms with E-state index in [2.05, 4.69) is 0 Å². The molecule has 0 spiro atoms. The molecule has 5 heteroatoms. The van der Waals surface area contributed by atoms with Gasteiger partial charge in [-0.2, -0.15) is 0 Å². The molecular formula is C13H10Cl2N2O. The van der Waals surface area contributed by atoms with Crippen molar-refractivity contribution in [2.24, 2.45) is 5.73 Å². The van der Waals surface area contributed by atoms with Crippen LogP contribution in [0.5, 0.6) is 0 Å². The third-order valence-corrected chi connectivity index (χ3v) is 3.28. The van der Waals surface area contributed by atoms with Crippen molar-refractivity contribution in [2.45, 2.75) is 0 Å². The summed E-state index contributed by atoms with van der Waals surface area (Å²) in [4.78, 5) is 11.4. The topological polar surface area (TPSA) is 69.1 Å². The quantitative estimate of drug-likeness (QED) is 0.829. The Labute approximate surface area is 114 Å². The van der Waals surface area contributed by atoms with Crippen LogP contribution in [0.25, 0.3) is 11.1 Å². The monoisotopic (exact) mass is 280 g/mol. The smallest absolute Gasteiger partial charge is 0.249 e. The Morgan fingerprint density at radius 3 is 2.33 bits per heavy atom. The van der Waals surface area contributed by atoms with Gasteiger partial charge in [-0.15, -0.1) is 0 Å². The van der Waals surface area contributed by atoms with E-state index < -0.39 is 5.91 Å². The Hall–Kier alpha value is -1.71. The summed E-state index contributed by atoms with van der Waals surface area (Å²) in [6, 6.07) is 10.1. The van der Waals surface area contributed by atoms with Gasteiger partial charge in [0.05, 0.1) is 10.0 Å². The molecule has 0 fully saturated rings. The highest BCUT2D eigenvalue weighted by atomic mass is 35.5. The second kappa shape index (κ2) is 4.88. The Morgan fingerprint density at radius 2 is 1.72 bits per heavy atom. The van der Waals surface area contributed by atoms with Crippen molar-refractivity contribution >= 4 is 34.8 Å². The minimum atomic E-state index is -0.539. The van der Waals surface area contributed by atoms with Crippen molar-refractivity contribution in [3.05, 3.63) is 52.0 Å². The molecule has 0 saturated heterocycles. The summed E-state index contributed by atoms with van der Waals surface area (Å²) in [6.45, 7) is 0. The number of hydrogen-bond acceptors (Lipinski definition) is 2. The molecule has 3 nitrogen and oxygen atoms in total. The van der Waals surface area contributed by atoms with Crippen LogP contribution >= 0.6 is 23.2 Å². The van der Waals surface area contributed by atoms with Gasteiger partial charge < -0.3 is 11.5 Å². The highest BCUT2D eigenvalue weighted by Crippen LogP contribution is 2.31. The molecule has 0 aromatic heterocycles. The van der Waals surface area contributed by atoms with E-state index in [1.165, 1.54) is 0 Å². The van der Waals surface area contributed by atoms with Gasteiger partial charge in [0, 0.05) is 11.3 Å². The van der Waals surface area contributed by atoms with Crippen molar-refractivity contribution in [3.63, 3.8) is 0 Å². The molecule has 0 radical (unpaired) electrons. The number of amides is 1. The fourth-order valence-corrected chi connectivity index (χ4v) is 1.98. The summed E-state index contributed by atoms with van der Waals surface area (Å²) >= 11 is 11.8. The Kier molecular flexibility index (Phi) is 3.45. The lowest BCUT2D eigenvalue weighted by molar-refractivity contribution is 0.100. The third kappa shape index (κ3) is 2.42. The summed E-state index contributed by atoms with van der Waals surface area (Å²) in [7, 11) is 0. The second-order valence-corrected chi connectivity index (χ2v) is 4.61. The number of rotatable bonds is 2. The van der Waals surface area contributed by atoms with E-state index in [0.717, 1.165) is 5.56 Å². The van der Waals surface area contributed by atoms with Crippen LogP contribution in [0.3, 0.4) is 0 Å². The van der Waals surface area contributed by atoms with Crippen molar-refractivity contribution < 1.29 is 4.79 Å². The molecule has 0 aliphatic rings. The van der Waals surface area contributed by atoms with Gasteiger partial charge in [-0.3, -0.25) is 4.79 Å². The van der Waals surface area contributed by atoms with Crippen LogP contribution < -0.4 is 11.5 Å². The predicted octanol–water partition coefficient (Wildman–Crippen LogP) is 3.34. The molecule has 2 aromatic carbocycles. The number of benzene rings is 2. The molecule has 4 N–H and O–H groups in total. The molecule has 0 unspecified atom stereocenters. The maximum absolute atomic E-state index is 11.4. The van der Waals surface area contributed by atoms with Crippen LogP contribution in [0.1, 0.15) is 10.4 Å². The number of anilines is 1. The molecule has 0 atom stereocenters. The van der Waals surface area contributed by atoms with Crippen LogP contribution in [0.4, 0.5) is 5.69 Å². The van der Waals surface area contributed by atoms with Crippen LogP contribution in [0.2, 0.25) is 10.0 Å². The first-order chi connectivity index (χ1) is 8.49. The van der Waals surface area contributed by atoms with Gasteiger partial charge in [0.1, 0.15) is 0 Å². The maximum atomic E-state index is 11.4. The number of hydrogen-bond donors (Lipinski definition) is 2. The normalized spacial score (nSPS) is 10.3. The molecule has 0 aliphatic heterocycles. The minimum Gasteiger partial charge on any atom is -0.399 e. The van der Waals surface area contributed by atoms with Gasteiger partial charge in [0.15, 0.2) is 0 Å². The first kappa shape index (κ1) is 12.7. The molecule has 0 saturated carbocycles. The molecule has 2 aromatic rings. The lowest BCUT2D eigenvalue weighted by Crippen LogP contribution is -2.12.